The molecule has 2 aromatic heterocycles. The van der Waals surface area contributed by atoms with Gasteiger partial charge in [-0.15, -0.1) is 5.10 Å². The first kappa shape index (κ1) is 15.5. The summed E-state index contributed by atoms with van der Waals surface area (Å²) in [4.78, 5) is 2.19. The zero-order chi connectivity index (χ0) is 16.2. The molecule has 6 heteroatoms. The molecular formula is C17H22N6. The standard InChI is InChI=1S/C17H22N6/c1-3-14-15(11-18)17(21-20-16(14)4-2)22-9-5-7-13(12-22)23-10-6-8-19-23/h6,8,10,13H,3-5,7,9,12H2,1-2H3. The van der Waals surface area contributed by atoms with Gasteiger partial charge in [0.05, 0.1) is 11.7 Å². The van der Waals surface area contributed by atoms with E-state index in [1.54, 1.807) is 0 Å². The largest absolute Gasteiger partial charge is 0.352 e. The molecule has 3 heterocycles. The molecule has 0 radical (unpaired) electrons. The third kappa shape index (κ3) is 2.91. The molecule has 0 saturated carbocycles. The second-order valence-electron chi connectivity index (χ2n) is 5.87. The Balaban J connectivity index is 1.93. The van der Waals surface area contributed by atoms with Gasteiger partial charge >= 0.3 is 0 Å². The van der Waals surface area contributed by atoms with Gasteiger partial charge in [0.15, 0.2) is 5.82 Å². The van der Waals surface area contributed by atoms with Crippen LogP contribution >= 0.6 is 0 Å². The summed E-state index contributed by atoms with van der Waals surface area (Å²) in [6, 6.07) is 4.64. The first-order valence-electron chi connectivity index (χ1n) is 8.31. The van der Waals surface area contributed by atoms with E-state index < -0.39 is 0 Å². The Morgan fingerprint density at radius 3 is 2.83 bits per heavy atom. The zero-order valence-corrected chi connectivity index (χ0v) is 13.7. The second-order valence-corrected chi connectivity index (χ2v) is 5.87. The van der Waals surface area contributed by atoms with Gasteiger partial charge in [-0.3, -0.25) is 4.68 Å². The molecule has 0 spiro atoms. The summed E-state index contributed by atoms with van der Waals surface area (Å²) < 4.78 is 2.01. The fourth-order valence-corrected chi connectivity index (χ4v) is 3.36. The van der Waals surface area contributed by atoms with Gasteiger partial charge in [-0.2, -0.15) is 15.5 Å². The lowest BCUT2D eigenvalue weighted by molar-refractivity contribution is 0.374. The molecule has 0 aliphatic carbocycles. The molecular weight excluding hydrogens is 288 g/mol. The summed E-state index contributed by atoms with van der Waals surface area (Å²) in [5, 5.41) is 22.8. The second kappa shape index (κ2) is 6.78. The fourth-order valence-electron chi connectivity index (χ4n) is 3.36. The fraction of sp³-hybridized carbons (Fsp3) is 0.529. The number of anilines is 1. The SMILES string of the molecule is CCc1nnc(N2CCCC(n3cccn3)C2)c(C#N)c1CC. The lowest BCUT2D eigenvalue weighted by atomic mass is 10.0. The van der Waals surface area contributed by atoms with E-state index in [-0.39, 0.29) is 0 Å². The van der Waals surface area contributed by atoms with E-state index in [4.69, 9.17) is 0 Å². The number of rotatable bonds is 4. The third-order valence-corrected chi connectivity index (χ3v) is 4.53. The van der Waals surface area contributed by atoms with E-state index in [1.807, 2.05) is 23.1 Å². The number of aromatic nitrogens is 4. The predicted molar refractivity (Wildman–Crippen MR) is 88.2 cm³/mol. The first-order valence-corrected chi connectivity index (χ1v) is 8.31. The average molecular weight is 310 g/mol. The van der Waals surface area contributed by atoms with E-state index in [0.717, 1.165) is 55.8 Å². The van der Waals surface area contributed by atoms with Crippen LogP contribution < -0.4 is 4.90 Å². The molecule has 0 amide bonds. The molecule has 1 aliphatic rings. The highest BCUT2D eigenvalue weighted by molar-refractivity contribution is 5.58. The summed E-state index contributed by atoms with van der Waals surface area (Å²) >= 11 is 0. The molecule has 1 aliphatic heterocycles. The number of piperidine rings is 1. The van der Waals surface area contributed by atoms with Crippen LogP contribution in [0.2, 0.25) is 0 Å². The van der Waals surface area contributed by atoms with Crippen LogP contribution in [0.5, 0.6) is 0 Å². The van der Waals surface area contributed by atoms with Crippen LogP contribution in [0.1, 0.15) is 49.6 Å². The van der Waals surface area contributed by atoms with Gasteiger partial charge < -0.3 is 4.90 Å². The van der Waals surface area contributed by atoms with E-state index >= 15 is 0 Å². The minimum atomic E-state index is 0.322. The molecule has 3 rings (SSSR count). The molecule has 2 aromatic rings. The highest BCUT2D eigenvalue weighted by Crippen LogP contribution is 2.28. The van der Waals surface area contributed by atoms with Crippen molar-refractivity contribution in [3.8, 4) is 6.07 Å². The van der Waals surface area contributed by atoms with Crippen molar-refractivity contribution in [2.75, 3.05) is 18.0 Å². The minimum absolute atomic E-state index is 0.322. The smallest absolute Gasteiger partial charge is 0.169 e. The number of nitriles is 1. The van der Waals surface area contributed by atoms with Crippen LogP contribution in [0.4, 0.5) is 5.82 Å². The van der Waals surface area contributed by atoms with Crippen molar-refractivity contribution in [2.45, 2.75) is 45.6 Å². The third-order valence-electron chi connectivity index (χ3n) is 4.53. The summed E-state index contributed by atoms with van der Waals surface area (Å²) in [7, 11) is 0. The lowest BCUT2D eigenvalue weighted by Crippen LogP contribution is -2.38. The van der Waals surface area contributed by atoms with Gasteiger partial charge in [0, 0.05) is 25.5 Å². The van der Waals surface area contributed by atoms with Crippen LogP contribution in [0.3, 0.4) is 0 Å². The Bertz CT molecular complexity index is 701. The predicted octanol–water partition coefficient (Wildman–Crippen LogP) is 2.51. The van der Waals surface area contributed by atoms with Crippen LogP contribution in [-0.4, -0.2) is 33.1 Å². The van der Waals surface area contributed by atoms with Crippen LogP contribution in [0.25, 0.3) is 0 Å². The number of hydrogen-bond donors (Lipinski definition) is 0. The van der Waals surface area contributed by atoms with Crippen molar-refractivity contribution in [1.29, 1.82) is 5.26 Å². The van der Waals surface area contributed by atoms with Crippen LogP contribution in [-0.2, 0) is 12.8 Å². The lowest BCUT2D eigenvalue weighted by Gasteiger charge is -2.34. The van der Waals surface area contributed by atoms with Gasteiger partial charge in [0.2, 0.25) is 0 Å². The van der Waals surface area contributed by atoms with Gasteiger partial charge in [-0.1, -0.05) is 13.8 Å². The number of aryl methyl sites for hydroxylation is 1. The molecule has 1 fully saturated rings. The van der Waals surface area contributed by atoms with E-state index in [9.17, 15) is 5.26 Å². The van der Waals surface area contributed by atoms with Crippen molar-refractivity contribution in [2.24, 2.45) is 0 Å². The highest BCUT2D eigenvalue weighted by Gasteiger charge is 2.26. The van der Waals surface area contributed by atoms with E-state index in [2.05, 4.69) is 40.1 Å². The number of nitrogens with zero attached hydrogens (tertiary/aromatic N) is 6. The minimum Gasteiger partial charge on any atom is -0.352 e. The van der Waals surface area contributed by atoms with Crippen molar-refractivity contribution in [1.82, 2.24) is 20.0 Å². The molecule has 120 valence electrons. The van der Waals surface area contributed by atoms with Crippen LogP contribution in [0, 0.1) is 11.3 Å². The van der Waals surface area contributed by atoms with Crippen molar-refractivity contribution >= 4 is 5.82 Å². The van der Waals surface area contributed by atoms with E-state index in [0.29, 0.717) is 11.6 Å². The Morgan fingerprint density at radius 2 is 2.17 bits per heavy atom. The summed E-state index contributed by atoms with van der Waals surface area (Å²) in [5.41, 5.74) is 2.68. The van der Waals surface area contributed by atoms with Gasteiger partial charge in [0.1, 0.15) is 11.6 Å². The zero-order valence-electron chi connectivity index (χ0n) is 13.7. The Hall–Kier alpha value is -2.42. The maximum absolute atomic E-state index is 9.67. The van der Waals surface area contributed by atoms with Crippen molar-refractivity contribution in [3.63, 3.8) is 0 Å². The molecule has 0 N–H and O–H groups in total. The van der Waals surface area contributed by atoms with E-state index in [1.165, 1.54) is 0 Å². The average Bonchev–Trinajstić information content (AvgIpc) is 3.15. The Kier molecular flexibility index (Phi) is 4.56. The summed E-state index contributed by atoms with van der Waals surface area (Å²) in [6.45, 7) is 5.86. The maximum Gasteiger partial charge on any atom is 0.169 e. The molecule has 0 bridgehead atoms. The van der Waals surface area contributed by atoms with Crippen molar-refractivity contribution in [3.05, 3.63) is 35.3 Å². The highest BCUT2D eigenvalue weighted by atomic mass is 15.3. The summed E-state index contributed by atoms with van der Waals surface area (Å²) in [6.07, 6.45) is 7.59. The molecule has 1 unspecified atom stereocenters. The monoisotopic (exact) mass is 310 g/mol. The van der Waals surface area contributed by atoms with Gasteiger partial charge in [-0.05, 0) is 37.3 Å². The molecule has 23 heavy (non-hydrogen) atoms. The molecule has 1 atom stereocenters. The Labute approximate surface area is 136 Å². The maximum atomic E-state index is 9.67. The normalized spacial score (nSPS) is 18.0. The van der Waals surface area contributed by atoms with Crippen molar-refractivity contribution < 1.29 is 0 Å². The molecule has 0 aromatic carbocycles. The van der Waals surface area contributed by atoms with Gasteiger partial charge in [-0.25, -0.2) is 0 Å². The quantitative estimate of drug-likeness (QED) is 0.867. The summed E-state index contributed by atoms with van der Waals surface area (Å²) in [5.74, 6) is 0.735. The van der Waals surface area contributed by atoms with Crippen LogP contribution in [0.15, 0.2) is 18.5 Å². The topological polar surface area (TPSA) is 70.6 Å². The molecule has 6 nitrogen and oxygen atoms in total. The van der Waals surface area contributed by atoms with Gasteiger partial charge in [0.25, 0.3) is 0 Å². The molecule has 1 saturated heterocycles. The Morgan fingerprint density at radius 1 is 1.30 bits per heavy atom. The number of hydrogen-bond acceptors (Lipinski definition) is 5. The first-order chi connectivity index (χ1) is 11.3.